The Morgan fingerprint density at radius 2 is 1.64 bits per heavy atom. The Morgan fingerprint density at radius 1 is 1.00 bits per heavy atom. The van der Waals surface area contributed by atoms with Crippen LogP contribution in [0.5, 0.6) is 0 Å². The number of hydrogen-bond acceptors (Lipinski definition) is 2. The molecule has 2 nitrogen and oxygen atoms in total. The molecule has 1 atom stereocenters. The molecule has 2 aromatic carbocycles. The number of benzene rings is 2. The Labute approximate surface area is 166 Å². The number of carbonyl (C=O) groups excluding carboxylic acids is 1. The van der Waals surface area contributed by atoms with Crippen molar-refractivity contribution in [3.8, 4) is 0 Å². The van der Waals surface area contributed by atoms with Gasteiger partial charge in [0.05, 0.1) is 14.8 Å². The van der Waals surface area contributed by atoms with Gasteiger partial charge in [-0.2, -0.15) is 0 Å². The number of aldehydes is 1. The molecule has 0 aliphatic rings. The summed E-state index contributed by atoms with van der Waals surface area (Å²) in [7, 11) is -0.837. The van der Waals surface area contributed by atoms with Crippen LogP contribution in [0.1, 0.15) is 55.5 Å². The fourth-order valence-corrected chi connectivity index (χ4v) is 4.77. The van der Waals surface area contributed by atoms with E-state index in [1.54, 1.807) is 0 Å². The van der Waals surface area contributed by atoms with E-state index in [2.05, 4.69) is 43.3 Å². The Hall–Kier alpha value is -0.903. The molecular weight excluding hydrogens is 322 g/mol. The first-order valence-corrected chi connectivity index (χ1v) is 9.97. The van der Waals surface area contributed by atoms with E-state index in [1.807, 2.05) is 19.9 Å². The van der Waals surface area contributed by atoms with Gasteiger partial charge in [-0.1, -0.05) is 56.5 Å². The minimum atomic E-state index is -0.837. The van der Waals surface area contributed by atoms with Gasteiger partial charge in [0, 0.05) is 16.2 Å². The number of aryl methyl sites for hydroxylation is 2. The molecule has 0 bridgehead atoms. The van der Waals surface area contributed by atoms with Crippen molar-refractivity contribution in [1.29, 1.82) is 0 Å². The van der Waals surface area contributed by atoms with E-state index in [0.717, 1.165) is 36.0 Å². The SMILES string of the molecule is CCCCCCOP(c1ccccc1)c1cc(C)c(C=O)c(C)c1.[H-].[Li+]. The molecule has 130 valence electrons. The molecule has 1 unspecified atom stereocenters. The molecule has 0 N–H and O–H groups in total. The topological polar surface area (TPSA) is 26.3 Å². The summed E-state index contributed by atoms with van der Waals surface area (Å²) in [4.78, 5) is 11.2. The zero-order chi connectivity index (χ0) is 17.4. The maximum absolute atomic E-state index is 11.2. The minimum Gasteiger partial charge on any atom is -1.00 e. The van der Waals surface area contributed by atoms with Gasteiger partial charge in [-0.05, 0) is 43.5 Å². The van der Waals surface area contributed by atoms with Crippen molar-refractivity contribution in [2.75, 3.05) is 6.61 Å². The van der Waals surface area contributed by atoms with E-state index >= 15 is 0 Å². The molecule has 0 spiro atoms. The van der Waals surface area contributed by atoms with Gasteiger partial charge in [0.15, 0.2) is 6.29 Å². The van der Waals surface area contributed by atoms with E-state index < -0.39 is 8.15 Å². The fraction of sp³-hybridized carbons (Fsp3) is 0.381. The molecule has 2 rings (SSSR count). The average Bonchev–Trinajstić information content (AvgIpc) is 2.58. The Bertz CT molecular complexity index is 641. The maximum atomic E-state index is 11.2. The summed E-state index contributed by atoms with van der Waals surface area (Å²) in [6.45, 7) is 7.01. The molecule has 0 fully saturated rings. The molecule has 0 aromatic heterocycles. The third-order valence-electron chi connectivity index (χ3n) is 4.14. The van der Waals surface area contributed by atoms with E-state index in [-0.39, 0.29) is 20.3 Å². The van der Waals surface area contributed by atoms with Crippen LogP contribution in [0.25, 0.3) is 0 Å². The van der Waals surface area contributed by atoms with Crippen LogP contribution in [0.2, 0.25) is 0 Å². The van der Waals surface area contributed by atoms with E-state index in [9.17, 15) is 4.79 Å². The largest absolute Gasteiger partial charge is 1.00 e. The zero-order valence-corrected chi connectivity index (χ0v) is 16.8. The van der Waals surface area contributed by atoms with Crippen molar-refractivity contribution >= 4 is 25.0 Å². The first-order chi connectivity index (χ1) is 11.7. The van der Waals surface area contributed by atoms with Gasteiger partial charge in [-0.25, -0.2) is 0 Å². The van der Waals surface area contributed by atoms with Crippen molar-refractivity contribution in [3.05, 3.63) is 59.2 Å². The van der Waals surface area contributed by atoms with Crippen LogP contribution in [0.15, 0.2) is 42.5 Å². The standard InChI is InChI=1S/C21H27O2P.Li.H/c1-4-5-6-10-13-23-24(19-11-8-7-9-12-19)20-14-17(2)21(16-22)18(3)15-20;;/h7-9,11-12,14-16H,4-6,10,13H2,1-3H3;;/q;+1;-1. The monoisotopic (exact) mass is 350 g/mol. The number of carbonyl (C=O) groups is 1. The average molecular weight is 350 g/mol. The van der Waals surface area contributed by atoms with Crippen LogP contribution in [0.3, 0.4) is 0 Å². The third kappa shape index (κ3) is 6.39. The molecule has 0 saturated carbocycles. The van der Waals surface area contributed by atoms with Crippen LogP contribution in [-0.4, -0.2) is 12.9 Å². The quantitative estimate of drug-likeness (QED) is 0.300. The van der Waals surface area contributed by atoms with Gasteiger partial charge < -0.3 is 5.95 Å². The summed E-state index contributed by atoms with van der Waals surface area (Å²) in [5.74, 6) is 0. The molecule has 0 amide bonds. The molecule has 0 heterocycles. The van der Waals surface area contributed by atoms with Crippen molar-refractivity contribution in [3.63, 3.8) is 0 Å². The van der Waals surface area contributed by atoms with Gasteiger partial charge in [0.2, 0.25) is 0 Å². The van der Waals surface area contributed by atoms with Gasteiger partial charge in [-0.3, -0.25) is 4.79 Å². The Balaban J connectivity index is 0.00000312. The predicted octanol–water partition coefficient (Wildman–Crippen LogP) is 2.18. The van der Waals surface area contributed by atoms with Crippen molar-refractivity contribution < 1.29 is 29.6 Å². The smallest absolute Gasteiger partial charge is 1.00 e. The van der Waals surface area contributed by atoms with Crippen LogP contribution < -0.4 is 29.5 Å². The van der Waals surface area contributed by atoms with Gasteiger partial charge in [-0.15, -0.1) is 0 Å². The third-order valence-corrected chi connectivity index (χ3v) is 6.07. The normalized spacial score (nSPS) is 11.6. The van der Waals surface area contributed by atoms with E-state index in [1.165, 1.54) is 29.9 Å². The second-order valence-electron chi connectivity index (χ2n) is 6.13. The van der Waals surface area contributed by atoms with Crippen molar-refractivity contribution in [2.24, 2.45) is 0 Å². The van der Waals surface area contributed by atoms with Crippen LogP contribution in [0.4, 0.5) is 0 Å². The van der Waals surface area contributed by atoms with Crippen molar-refractivity contribution in [2.45, 2.75) is 46.5 Å². The fourth-order valence-electron chi connectivity index (χ4n) is 2.80. The molecule has 0 aliphatic heterocycles. The van der Waals surface area contributed by atoms with Crippen LogP contribution in [0, 0.1) is 13.8 Å². The Morgan fingerprint density at radius 3 is 2.20 bits per heavy atom. The molecule has 2 aromatic rings. The predicted molar refractivity (Wildman–Crippen MR) is 105 cm³/mol. The zero-order valence-electron chi connectivity index (χ0n) is 16.9. The van der Waals surface area contributed by atoms with Gasteiger partial charge in [0.25, 0.3) is 0 Å². The van der Waals surface area contributed by atoms with Gasteiger partial charge in [0.1, 0.15) is 0 Å². The summed E-state index contributed by atoms with van der Waals surface area (Å²) in [6.07, 6.45) is 5.77. The van der Waals surface area contributed by atoms with Crippen LogP contribution in [-0.2, 0) is 4.52 Å². The van der Waals surface area contributed by atoms with E-state index in [4.69, 9.17) is 4.52 Å². The first kappa shape index (κ1) is 22.1. The molecule has 0 saturated heterocycles. The number of hydrogen-bond donors (Lipinski definition) is 0. The minimum absolute atomic E-state index is 0. The first-order valence-electron chi connectivity index (χ1n) is 8.72. The summed E-state index contributed by atoms with van der Waals surface area (Å²) < 4.78 is 6.32. The summed E-state index contributed by atoms with van der Waals surface area (Å²) in [5.41, 5.74) is 2.85. The summed E-state index contributed by atoms with van der Waals surface area (Å²) >= 11 is 0. The molecule has 4 heteroatoms. The number of unbranched alkanes of at least 4 members (excludes halogenated alkanes) is 3. The summed E-state index contributed by atoms with van der Waals surface area (Å²) in [6, 6.07) is 14.6. The Kier molecular flexibility index (Phi) is 10.3. The maximum Gasteiger partial charge on any atom is 1.00 e. The molecule has 0 aliphatic carbocycles. The van der Waals surface area contributed by atoms with Crippen molar-refractivity contribution in [1.82, 2.24) is 0 Å². The second kappa shape index (κ2) is 11.7. The molecular formula is C21H28LiO2P. The summed E-state index contributed by atoms with van der Waals surface area (Å²) in [5, 5.41) is 2.41. The van der Waals surface area contributed by atoms with Gasteiger partial charge >= 0.3 is 18.9 Å². The number of rotatable bonds is 9. The second-order valence-corrected chi connectivity index (χ2v) is 8.01. The van der Waals surface area contributed by atoms with E-state index in [0.29, 0.717) is 0 Å². The molecule has 0 radical (unpaired) electrons. The van der Waals surface area contributed by atoms with Crippen LogP contribution >= 0.6 is 8.15 Å². The molecule has 25 heavy (non-hydrogen) atoms.